The number of rotatable bonds is 8. The molecule has 1 fully saturated rings. The Hall–Kier alpha value is -3.10. The van der Waals surface area contributed by atoms with Gasteiger partial charge in [0.25, 0.3) is 0 Å². The molecule has 168 valence electrons. The highest BCUT2D eigenvalue weighted by Crippen LogP contribution is 2.32. The SMILES string of the molecule is COc1cc(CC(=O)N2C[C@@H](NC(=O)CC(C)C)C[C@H]2c2n[nH]c(C)n2)cc(OC)c1. The summed E-state index contributed by atoms with van der Waals surface area (Å²) in [5, 5.41) is 10.2. The molecule has 3 rings (SSSR count). The molecule has 31 heavy (non-hydrogen) atoms. The van der Waals surface area contributed by atoms with Crippen LogP contribution in [0, 0.1) is 12.8 Å². The van der Waals surface area contributed by atoms with Crippen LogP contribution in [0.3, 0.4) is 0 Å². The summed E-state index contributed by atoms with van der Waals surface area (Å²) in [5.74, 6) is 2.71. The van der Waals surface area contributed by atoms with Gasteiger partial charge >= 0.3 is 0 Å². The Morgan fingerprint density at radius 2 is 1.90 bits per heavy atom. The maximum absolute atomic E-state index is 13.3. The third kappa shape index (κ3) is 5.74. The van der Waals surface area contributed by atoms with Gasteiger partial charge in [0.15, 0.2) is 5.82 Å². The number of nitrogens with zero attached hydrogens (tertiary/aromatic N) is 3. The van der Waals surface area contributed by atoms with Crippen molar-refractivity contribution in [2.24, 2.45) is 5.92 Å². The maximum Gasteiger partial charge on any atom is 0.227 e. The van der Waals surface area contributed by atoms with E-state index >= 15 is 0 Å². The Morgan fingerprint density at radius 3 is 2.45 bits per heavy atom. The number of carbonyl (C=O) groups is 2. The lowest BCUT2D eigenvalue weighted by atomic mass is 10.1. The molecule has 0 unspecified atom stereocenters. The minimum atomic E-state index is -0.297. The van der Waals surface area contributed by atoms with Crippen molar-refractivity contribution in [1.82, 2.24) is 25.4 Å². The molecule has 1 saturated heterocycles. The van der Waals surface area contributed by atoms with Gasteiger partial charge in [0.05, 0.1) is 26.7 Å². The molecule has 2 amide bonds. The zero-order chi connectivity index (χ0) is 22.5. The summed E-state index contributed by atoms with van der Waals surface area (Å²) in [6.07, 6.45) is 1.22. The van der Waals surface area contributed by atoms with Gasteiger partial charge in [0.1, 0.15) is 17.3 Å². The fourth-order valence-corrected chi connectivity index (χ4v) is 3.87. The first kappa shape index (κ1) is 22.6. The van der Waals surface area contributed by atoms with E-state index in [1.54, 1.807) is 25.2 Å². The number of H-pyrrole nitrogens is 1. The normalized spacial score (nSPS) is 18.3. The average molecular weight is 430 g/mol. The standard InChI is InChI=1S/C22H31N5O4/c1-13(2)6-20(28)24-16-10-19(22-23-14(3)25-26-22)27(12-16)21(29)9-15-7-17(30-4)11-18(8-15)31-5/h7-8,11,13,16,19H,6,9-10,12H2,1-5H3,(H,24,28)(H,23,25,26)/t16-,19-/m0/s1. The number of hydrogen-bond donors (Lipinski definition) is 2. The van der Waals surface area contributed by atoms with Crippen molar-refractivity contribution in [3.63, 3.8) is 0 Å². The smallest absolute Gasteiger partial charge is 0.227 e. The summed E-state index contributed by atoms with van der Waals surface area (Å²) >= 11 is 0. The van der Waals surface area contributed by atoms with Crippen LogP contribution in [0.25, 0.3) is 0 Å². The second-order valence-electron chi connectivity index (χ2n) is 8.34. The fourth-order valence-electron chi connectivity index (χ4n) is 3.87. The van der Waals surface area contributed by atoms with Crippen molar-refractivity contribution < 1.29 is 19.1 Å². The van der Waals surface area contributed by atoms with E-state index in [-0.39, 0.29) is 36.2 Å². The first-order chi connectivity index (χ1) is 14.8. The summed E-state index contributed by atoms with van der Waals surface area (Å²) in [5.41, 5.74) is 0.790. The van der Waals surface area contributed by atoms with Gasteiger partial charge in [-0.1, -0.05) is 13.8 Å². The number of methoxy groups -OCH3 is 2. The Balaban J connectivity index is 1.78. The van der Waals surface area contributed by atoms with Crippen molar-refractivity contribution in [2.75, 3.05) is 20.8 Å². The summed E-state index contributed by atoms with van der Waals surface area (Å²) in [7, 11) is 3.15. The molecule has 0 aliphatic carbocycles. The molecular weight excluding hydrogens is 398 g/mol. The predicted octanol–water partition coefficient (Wildman–Crippen LogP) is 2.18. The molecule has 2 N–H and O–H groups in total. The molecule has 2 heterocycles. The first-order valence-electron chi connectivity index (χ1n) is 10.5. The summed E-state index contributed by atoms with van der Waals surface area (Å²) in [4.78, 5) is 31.8. The molecule has 2 atom stereocenters. The summed E-state index contributed by atoms with van der Waals surface area (Å²) < 4.78 is 10.6. The number of carbonyl (C=O) groups excluding carboxylic acids is 2. The Morgan fingerprint density at radius 1 is 1.23 bits per heavy atom. The second kappa shape index (κ2) is 9.80. The Labute approximate surface area is 182 Å². The van der Waals surface area contributed by atoms with Gasteiger partial charge < -0.3 is 19.7 Å². The Kier molecular flexibility index (Phi) is 7.14. The molecule has 1 aliphatic heterocycles. The molecule has 1 aromatic carbocycles. The van der Waals surface area contributed by atoms with E-state index in [1.807, 2.05) is 32.9 Å². The third-order valence-electron chi connectivity index (χ3n) is 5.26. The van der Waals surface area contributed by atoms with Crippen molar-refractivity contribution in [2.45, 2.75) is 52.1 Å². The maximum atomic E-state index is 13.3. The van der Waals surface area contributed by atoms with Crippen molar-refractivity contribution in [3.8, 4) is 11.5 Å². The van der Waals surface area contributed by atoms with E-state index in [9.17, 15) is 9.59 Å². The second-order valence-corrected chi connectivity index (χ2v) is 8.34. The van der Waals surface area contributed by atoms with Crippen LogP contribution in [0.5, 0.6) is 11.5 Å². The molecule has 0 spiro atoms. The number of aryl methyl sites for hydroxylation is 1. The number of benzene rings is 1. The van der Waals surface area contributed by atoms with Crippen LogP contribution in [-0.2, 0) is 16.0 Å². The van der Waals surface area contributed by atoms with E-state index in [0.29, 0.717) is 42.5 Å². The van der Waals surface area contributed by atoms with Crippen LogP contribution in [0.15, 0.2) is 18.2 Å². The van der Waals surface area contributed by atoms with Crippen molar-refractivity contribution in [3.05, 3.63) is 35.4 Å². The number of nitrogens with one attached hydrogen (secondary N) is 2. The summed E-state index contributed by atoms with van der Waals surface area (Å²) in [6, 6.07) is 4.98. The zero-order valence-electron chi connectivity index (χ0n) is 18.8. The zero-order valence-corrected chi connectivity index (χ0v) is 18.8. The molecule has 9 heteroatoms. The van der Waals surface area contributed by atoms with Gasteiger partial charge in [-0.05, 0) is 37.0 Å². The van der Waals surface area contributed by atoms with Crippen molar-refractivity contribution in [1.29, 1.82) is 0 Å². The van der Waals surface area contributed by atoms with E-state index in [1.165, 1.54) is 0 Å². The number of aromatic amines is 1. The Bertz CT molecular complexity index is 904. The largest absolute Gasteiger partial charge is 0.497 e. The van der Waals surface area contributed by atoms with E-state index in [0.717, 1.165) is 5.56 Å². The fraction of sp³-hybridized carbons (Fsp3) is 0.545. The van der Waals surface area contributed by atoms with Gasteiger partial charge in [-0.2, -0.15) is 5.10 Å². The van der Waals surface area contributed by atoms with Crippen LogP contribution in [0.2, 0.25) is 0 Å². The highest BCUT2D eigenvalue weighted by atomic mass is 16.5. The third-order valence-corrected chi connectivity index (χ3v) is 5.26. The van der Waals surface area contributed by atoms with Gasteiger partial charge in [-0.25, -0.2) is 4.98 Å². The monoisotopic (exact) mass is 429 g/mol. The molecule has 0 bridgehead atoms. The number of amides is 2. The van der Waals surface area contributed by atoms with Crippen LogP contribution in [0.1, 0.15) is 49.9 Å². The minimum absolute atomic E-state index is 0.00301. The molecule has 0 radical (unpaired) electrons. The van der Waals surface area contributed by atoms with Gasteiger partial charge in [0, 0.05) is 25.1 Å². The molecule has 9 nitrogen and oxygen atoms in total. The van der Waals surface area contributed by atoms with E-state index in [2.05, 4.69) is 20.5 Å². The van der Waals surface area contributed by atoms with Gasteiger partial charge in [-0.15, -0.1) is 0 Å². The minimum Gasteiger partial charge on any atom is -0.497 e. The molecular formula is C22H31N5O4. The van der Waals surface area contributed by atoms with Crippen LogP contribution >= 0.6 is 0 Å². The lowest BCUT2D eigenvalue weighted by Gasteiger charge is -2.23. The number of hydrogen-bond acceptors (Lipinski definition) is 6. The average Bonchev–Trinajstić information content (AvgIpc) is 3.33. The predicted molar refractivity (Wildman–Crippen MR) is 115 cm³/mol. The highest BCUT2D eigenvalue weighted by molar-refractivity contribution is 5.80. The molecule has 0 saturated carbocycles. The van der Waals surface area contributed by atoms with E-state index < -0.39 is 0 Å². The highest BCUT2D eigenvalue weighted by Gasteiger charge is 2.39. The van der Waals surface area contributed by atoms with Gasteiger partial charge in [-0.3, -0.25) is 14.7 Å². The van der Waals surface area contributed by atoms with E-state index in [4.69, 9.17) is 9.47 Å². The molecule has 2 aromatic rings. The number of ether oxygens (including phenoxy) is 2. The van der Waals surface area contributed by atoms with Crippen LogP contribution in [0.4, 0.5) is 0 Å². The van der Waals surface area contributed by atoms with Crippen LogP contribution in [-0.4, -0.2) is 58.7 Å². The summed E-state index contributed by atoms with van der Waals surface area (Å²) in [6.45, 7) is 6.25. The van der Waals surface area contributed by atoms with Crippen molar-refractivity contribution >= 4 is 11.8 Å². The lowest BCUT2D eigenvalue weighted by Crippen LogP contribution is -2.39. The molecule has 1 aliphatic rings. The topological polar surface area (TPSA) is 109 Å². The lowest BCUT2D eigenvalue weighted by molar-refractivity contribution is -0.132. The van der Waals surface area contributed by atoms with Crippen LogP contribution < -0.4 is 14.8 Å². The number of likely N-dealkylation sites (tertiary alicyclic amines) is 1. The number of aromatic nitrogens is 3. The van der Waals surface area contributed by atoms with Gasteiger partial charge in [0.2, 0.25) is 11.8 Å². The quantitative estimate of drug-likeness (QED) is 0.666. The first-order valence-corrected chi connectivity index (χ1v) is 10.5. The molecule has 1 aromatic heterocycles.